The quantitative estimate of drug-likeness (QED) is 0.853. The predicted molar refractivity (Wildman–Crippen MR) is 78.3 cm³/mol. The molecule has 0 heterocycles. The molecule has 1 aliphatic rings. The summed E-state index contributed by atoms with van der Waals surface area (Å²) in [4.78, 5) is 0. The van der Waals surface area contributed by atoms with Crippen LogP contribution in [0.5, 0.6) is 5.75 Å². The molecule has 3 heteroatoms. The molecule has 1 saturated carbocycles. The summed E-state index contributed by atoms with van der Waals surface area (Å²) >= 11 is 0. The summed E-state index contributed by atoms with van der Waals surface area (Å²) in [6.45, 7) is 1.77. The summed E-state index contributed by atoms with van der Waals surface area (Å²) in [5, 5.41) is 20.9. The fourth-order valence-corrected chi connectivity index (χ4v) is 3.24. The molecule has 0 saturated heterocycles. The van der Waals surface area contributed by atoms with Gasteiger partial charge in [0.05, 0.1) is 18.6 Å². The minimum Gasteiger partial charge on any atom is -0.497 e. The standard InChI is InChI=1S/C17H23NO2/c1-16(19,14-8-7-9-15(12-14)20-2)17(13-18)10-5-3-4-6-11-17/h7-9,12,19H,3-6,10-11H2,1-2H3. The van der Waals surface area contributed by atoms with Gasteiger partial charge in [0, 0.05) is 0 Å². The number of benzene rings is 1. The van der Waals surface area contributed by atoms with E-state index in [1.165, 1.54) is 0 Å². The van der Waals surface area contributed by atoms with Crippen molar-refractivity contribution in [1.29, 1.82) is 5.26 Å². The van der Waals surface area contributed by atoms with Gasteiger partial charge < -0.3 is 9.84 Å². The Kier molecular flexibility index (Phi) is 4.35. The molecule has 1 aromatic carbocycles. The van der Waals surface area contributed by atoms with Crippen molar-refractivity contribution in [2.24, 2.45) is 5.41 Å². The Morgan fingerprint density at radius 2 is 1.90 bits per heavy atom. The zero-order valence-corrected chi connectivity index (χ0v) is 12.4. The van der Waals surface area contributed by atoms with Gasteiger partial charge in [0.1, 0.15) is 11.4 Å². The van der Waals surface area contributed by atoms with Gasteiger partial charge in [0.15, 0.2) is 0 Å². The lowest BCUT2D eigenvalue weighted by atomic mass is 9.66. The van der Waals surface area contributed by atoms with Crippen molar-refractivity contribution >= 4 is 0 Å². The van der Waals surface area contributed by atoms with Gasteiger partial charge in [-0.2, -0.15) is 5.26 Å². The van der Waals surface area contributed by atoms with Gasteiger partial charge in [-0.3, -0.25) is 0 Å². The predicted octanol–water partition coefficient (Wildman–Crippen LogP) is 3.77. The molecule has 2 rings (SSSR count). The maximum atomic E-state index is 11.1. The number of rotatable bonds is 3. The van der Waals surface area contributed by atoms with Crippen LogP contribution in [0.1, 0.15) is 51.0 Å². The molecule has 1 atom stereocenters. The van der Waals surface area contributed by atoms with Gasteiger partial charge >= 0.3 is 0 Å². The molecule has 1 aliphatic carbocycles. The van der Waals surface area contributed by atoms with E-state index in [2.05, 4.69) is 6.07 Å². The van der Waals surface area contributed by atoms with Crippen molar-refractivity contribution in [1.82, 2.24) is 0 Å². The number of hydrogen-bond acceptors (Lipinski definition) is 3. The topological polar surface area (TPSA) is 53.2 Å². The normalized spacial score (nSPS) is 21.3. The van der Waals surface area contributed by atoms with Crippen LogP contribution in [0.2, 0.25) is 0 Å². The van der Waals surface area contributed by atoms with E-state index in [1.54, 1.807) is 14.0 Å². The van der Waals surface area contributed by atoms with Crippen LogP contribution < -0.4 is 4.74 Å². The SMILES string of the molecule is COc1cccc(C(C)(O)C2(C#N)CCCCCC2)c1. The first-order valence-corrected chi connectivity index (χ1v) is 7.34. The molecule has 108 valence electrons. The Labute approximate surface area is 121 Å². The second-order valence-corrected chi connectivity index (χ2v) is 5.91. The average Bonchev–Trinajstić information content (AvgIpc) is 2.74. The van der Waals surface area contributed by atoms with E-state index in [0.29, 0.717) is 5.75 Å². The molecule has 0 spiro atoms. The highest BCUT2D eigenvalue weighted by Crippen LogP contribution is 2.48. The molecule has 0 radical (unpaired) electrons. The lowest BCUT2D eigenvalue weighted by molar-refractivity contribution is -0.0534. The molecule has 0 aromatic heterocycles. The molecule has 1 fully saturated rings. The van der Waals surface area contributed by atoms with Crippen molar-refractivity contribution in [2.45, 2.75) is 51.0 Å². The fourth-order valence-electron chi connectivity index (χ4n) is 3.24. The molecule has 20 heavy (non-hydrogen) atoms. The molecule has 3 nitrogen and oxygen atoms in total. The largest absolute Gasteiger partial charge is 0.497 e. The van der Waals surface area contributed by atoms with Crippen molar-refractivity contribution < 1.29 is 9.84 Å². The van der Waals surface area contributed by atoms with Crippen LogP contribution in [-0.2, 0) is 5.60 Å². The molecular weight excluding hydrogens is 250 g/mol. The Morgan fingerprint density at radius 3 is 2.45 bits per heavy atom. The van der Waals surface area contributed by atoms with E-state index in [4.69, 9.17) is 4.74 Å². The molecule has 1 unspecified atom stereocenters. The van der Waals surface area contributed by atoms with Gasteiger partial charge in [-0.05, 0) is 37.5 Å². The fraction of sp³-hybridized carbons (Fsp3) is 0.588. The summed E-state index contributed by atoms with van der Waals surface area (Å²) < 4.78 is 5.23. The maximum Gasteiger partial charge on any atom is 0.119 e. The summed E-state index contributed by atoms with van der Waals surface area (Å²) in [5.41, 5.74) is -1.09. The zero-order chi connectivity index (χ0) is 14.6. The van der Waals surface area contributed by atoms with E-state index in [9.17, 15) is 10.4 Å². The third-order valence-corrected chi connectivity index (χ3v) is 4.73. The number of nitrogens with zero attached hydrogens (tertiary/aromatic N) is 1. The summed E-state index contributed by atoms with van der Waals surface area (Å²) in [5.74, 6) is 0.712. The molecule has 1 aromatic rings. The van der Waals surface area contributed by atoms with Crippen molar-refractivity contribution in [3.63, 3.8) is 0 Å². The number of aliphatic hydroxyl groups is 1. The van der Waals surface area contributed by atoms with Crippen molar-refractivity contribution in [3.05, 3.63) is 29.8 Å². The minimum atomic E-state index is -1.15. The van der Waals surface area contributed by atoms with Gasteiger partial charge in [-0.15, -0.1) is 0 Å². The third kappa shape index (κ3) is 2.53. The highest BCUT2D eigenvalue weighted by atomic mass is 16.5. The summed E-state index contributed by atoms with van der Waals surface area (Å²) in [6, 6.07) is 9.88. The van der Waals surface area contributed by atoms with Crippen LogP contribution in [0.4, 0.5) is 0 Å². The molecule has 0 bridgehead atoms. The van der Waals surface area contributed by atoms with Crippen LogP contribution >= 0.6 is 0 Å². The number of methoxy groups -OCH3 is 1. The van der Waals surface area contributed by atoms with Gasteiger partial charge in [-0.25, -0.2) is 0 Å². The van der Waals surface area contributed by atoms with E-state index in [0.717, 1.165) is 44.1 Å². The summed E-state index contributed by atoms with van der Waals surface area (Å²) in [6.07, 6.45) is 5.83. The lowest BCUT2D eigenvalue weighted by Gasteiger charge is -2.40. The van der Waals surface area contributed by atoms with Crippen LogP contribution in [0.15, 0.2) is 24.3 Å². The summed E-state index contributed by atoms with van der Waals surface area (Å²) in [7, 11) is 1.61. The van der Waals surface area contributed by atoms with Crippen molar-refractivity contribution in [3.8, 4) is 11.8 Å². The smallest absolute Gasteiger partial charge is 0.119 e. The second kappa shape index (κ2) is 5.85. The van der Waals surface area contributed by atoms with Crippen LogP contribution in [0, 0.1) is 16.7 Å². The Hall–Kier alpha value is -1.53. The van der Waals surface area contributed by atoms with Crippen LogP contribution in [0.25, 0.3) is 0 Å². The van der Waals surface area contributed by atoms with E-state index >= 15 is 0 Å². The zero-order valence-electron chi connectivity index (χ0n) is 12.4. The Bertz CT molecular complexity index is 494. The highest BCUT2D eigenvalue weighted by molar-refractivity contribution is 5.35. The number of nitriles is 1. The monoisotopic (exact) mass is 273 g/mol. The number of ether oxygens (including phenoxy) is 1. The maximum absolute atomic E-state index is 11.1. The first kappa shape index (κ1) is 14.9. The first-order chi connectivity index (χ1) is 9.55. The van der Waals surface area contributed by atoms with Crippen molar-refractivity contribution in [2.75, 3.05) is 7.11 Å². The molecule has 0 aliphatic heterocycles. The Balaban J connectivity index is 2.42. The molecule has 0 amide bonds. The first-order valence-electron chi connectivity index (χ1n) is 7.34. The average molecular weight is 273 g/mol. The van der Waals surface area contributed by atoms with Gasteiger partial charge in [0.25, 0.3) is 0 Å². The van der Waals surface area contributed by atoms with E-state index in [-0.39, 0.29) is 0 Å². The van der Waals surface area contributed by atoms with E-state index < -0.39 is 11.0 Å². The second-order valence-electron chi connectivity index (χ2n) is 5.91. The highest BCUT2D eigenvalue weighted by Gasteiger charge is 2.48. The molecular formula is C17H23NO2. The van der Waals surface area contributed by atoms with Gasteiger partial charge in [-0.1, -0.05) is 37.8 Å². The molecule has 1 N–H and O–H groups in total. The van der Waals surface area contributed by atoms with Crippen LogP contribution in [0.3, 0.4) is 0 Å². The third-order valence-electron chi connectivity index (χ3n) is 4.73. The lowest BCUT2D eigenvalue weighted by Crippen LogP contribution is -2.42. The minimum absolute atomic E-state index is 0.699. The van der Waals surface area contributed by atoms with E-state index in [1.807, 2.05) is 24.3 Å². The Morgan fingerprint density at radius 1 is 1.25 bits per heavy atom. The van der Waals surface area contributed by atoms with Gasteiger partial charge in [0.2, 0.25) is 0 Å². The number of hydrogen-bond donors (Lipinski definition) is 1. The van der Waals surface area contributed by atoms with Crippen LogP contribution in [-0.4, -0.2) is 12.2 Å².